The van der Waals surface area contributed by atoms with Gasteiger partial charge < -0.3 is 39.5 Å². The Balaban J connectivity index is 2.53. The van der Waals surface area contributed by atoms with Crippen molar-refractivity contribution in [1.29, 1.82) is 0 Å². The van der Waals surface area contributed by atoms with Crippen molar-refractivity contribution in [3.05, 3.63) is 24.3 Å². The highest BCUT2D eigenvalue weighted by Gasteiger charge is 2.39. The molecule has 1 unspecified atom stereocenters. The number of carbonyl (C=O) groups is 3. The minimum Gasteiger partial charge on any atom is -0.462 e. The zero-order valence-electron chi connectivity index (χ0n) is 38.3. The van der Waals surface area contributed by atoms with Gasteiger partial charge in [0.25, 0.3) is 0 Å². The summed E-state index contributed by atoms with van der Waals surface area (Å²) in [6.45, 7) is 3.68. The predicted molar refractivity (Wildman–Crippen MR) is 240 cm³/mol. The van der Waals surface area contributed by atoms with Gasteiger partial charge in [0.15, 0.2) is 6.10 Å². The van der Waals surface area contributed by atoms with E-state index in [2.05, 4.69) is 29.8 Å². The molecule has 368 valence electrons. The van der Waals surface area contributed by atoms with E-state index in [1.54, 1.807) is 12.2 Å². The van der Waals surface area contributed by atoms with Crippen molar-refractivity contribution < 1.29 is 76.6 Å². The second-order valence-corrected chi connectivity index (χ2v) is 20.0. The molecule has 0 bridgehead atoms. The van der Waals surface area contributed by atoms with Crippen LogP contribution in [0.4, 0.5) is 0 Å². The minimum absolute atomic E-state index is 0.00638. The van der Waals surface area contributed by atoms with Crippen LogP contribution in [0.5, 0.6) is 0 Å². The summed E-state index contributed by atoms with van der Waals surface area (Å²) < 4.78 is 47.8. The zero-order valence-corrected chi connectivity index (χ0v) is 40.1. The number of hydrogen-bond donors (Lipinski definition) is 6. The summed E-state index contributed by atoms with van der Waals surface area (Å²) in [5, 5.41) is 30.5. The highest BCUT2D eigenvalue weighted by Crippen LogP contribution is 2.44. The van der Waals surface area contributed by atoms with Gasteiger partial charge in [-0.05, 0) is 38.0 Å². The summed E-state index contributed by atoms with van der Waals surface area (Å²) in [5.41, 5.74) is 0. The van der Waals surface area contributed by atoms with E-state index in [1.807, 2.05) is 12.2 Å². The number of aliphatic hydroxyl groups is 3. The highest BCUT2D eigenvalue weighted by molar-refractivity contribution is 7.47. The van der Waals surface area contributed by atoms with Gasteiger partial charge in [-0.3, -0.25) is 28.0 Å². The molecule has 7 atom stereocenters. The average molecular weight is 941 g/mol. The zero-order chi connectivity index (χ0) is 46.9. The first-order valence-corrected chi connectivity index (χ1v) is 26.5. The Morgan fingerprint density at radius 2 is 1.27 bits per heavy atom. The smallest absolute Gasteiger partial charge is 0.462 e. The Kier molecular flexibility index (Phi) is 33.3. The fourth-order valence-corrected chi connectivity index (χ4v) is 8.38. The molecule has 16 nitrogen and oxygen atoms in total. The highest BCUT2D eigenvalue weighted by atomic mass is 31.2. The van der Waals surface area contributed by atoms with Crippen molar-refractivity contribution in [3.63, 3.8) is 0 Å². The van der Waals surface area contributed by atoms with E-state index in [1.165, 1.54) is 57.8 Å². The average Bonchev–Trinajstić information content (AvgIpc) is 3.49. The molecule has 18 heteroatoms. The van der Waals surface area contributed by atoms with Gasteiger partial charge in [-0.1, -0.05) is 148 Å². The second kappa shape index (κ2) is 35.4. The Labute approximate surface area is 376 Å². The number of phosphoric ester groups is 2. The Hall–Kier alpha value is -1.81. The molecule has 0 amide bonds. The van der Waals surface area contributed by atoms with Gasteiger partial charge in [-0.2, -0.15) is 0 Å². The molecule has 0 saturated heterocycles. The topological polar surface area (TPSA) is 253 Å². The summed E-state index contributed by atoms with van der Waals surface area (Å²) >= 11 is 0. The lowest BCUT2D eigenvalue weighted by atomic mass is 9.90. The first kappa shape index (κ1) is 59.2. The number of hydrogen-bond acceptors (Lipinski definition) is 13. The third kappa shape index (κ3) is 33.3. The van der Waals surface area contributed by atoms with Crippen LogP contribution in [0.15, 0.2) is 24.3 Å². The van der Waals surface area contributed by atoms with Gasteiger partial charge >= 0.3 is 27.6 Å². The molecule has 1 aliphatic carbocycles. The number of esters is 2. The van der Waals surface area contributed by atoms with Gasteiger partial charge in [0, 0.05) is 31.1 Å². The van der Waals surface area contributed by atoms with E-state index in [0.717, 1.165) is 50.9 Å². The molecule has 0 aromatic heterocycles. The summed E-state index contributed by atoms with van der Waals surface area (Å²) in [6.07, 6.45) is 24.0. The van der Waals surface area contributed by atoms with Crippen molar-refractivity contribution in [2.24, 2.45) is 17.8 Å². The fraction of sp³-hybridized carbons (Fsp3) is 0.844. The number of carbonyl (C=O) groups excluding carboxylic acids is 3. The lowest BCUT2D eigenvalue weighted by Crippen LogP contribution is -2.30. The molecule has 63 heavy (non-hydrogen) atoms. The third-order valence-corrected chi connectivity index (χ3v) is 12.3. The van der Waals surface area contributed by atoms with Crippen LogP contribution in [-0.4, -0.2) is 98.6 Å². The number of unbranched alkanes of at least 4 members (excludes halogenated alkanes) is 15. The first-order valence-electron chi connectivity index (χ1n) is 23.5. The molecular weight excluding hydrogens is 858 g/mol. The number of ether oxygens (including phenoxy) is 2. The van der Waals surface area contributed by atoms with Crippen LogP contribution in [0.2, 0.25) is 0 Å². The molecule has 0 aliphatic heterocycles. The lowest BCUT2D eigenvalue weighted by Gasteiger charge is -2.20. The fourth-order valence-electron chi connectivity index (χ4n) is 7.22. The summed E-state index contributed by atoms with van der Waals surface area (Å²) in [4.78, 5) is 65.5. The number of Topliss-reactive ketones (excluding diaryl/α,β-unsaturated/α-hetero) is 1. The summed E-state index contributed by atoms with van der Waals surface area (Å²) in [5.74, 6) is -1.29. The molecule has 0 aromatic rings. The largest absolute Gasteiger partial charge is 0.472 e. The van der Waals surface area contributed by atoms with E-state index >= 15 is 0 Å². The second-order valence-electron chi connectivity index (χ2n) is 17.3. The van der Waals surface area contributed by atoms with Crippen LogP contribution in [0.3, 0.4) is 0 Å². The van der Waals surface area contributed by atoms with E-state index < -0.39 is 84.3 Å². The van der Waals surface area contributed by atoms with Crippen LogP contribution in [0.1, 0.15) is 175 Å². The van der Waals surface area contributed by atoms with Crippen molar-refractivity contribution in [2.75, 3.05) is 26.4 Å². The quantitative estimate of drug-likeness (QED) is 0.0145. The lowest BCUT2D eigenvalue weighted by molar-refractivity contribution is -0.161. The van der Waals surface area contributed by atoms with Gasteiger partial charge in [0.05, 0.1) is 32.0 Å². The van der Waals surface area contributed by atoms with Gasteiger partial charge in [-0.15, -0.1) is 0 Å². The monoisotopic (exact) mass is 941 g/mol. The predicted octanol–water partition coefficient (Wildman–Crippen LogP) is 8.73. The van der Waals surface area contributed by atoms with Gasteiger partial charge in [0.1, 0.15) is 18.5 Å². The first-order chi connectivity index (χ1) is 29.9. The van der Waals surface area contributed by atoms with Crippen molar-refractivity contribution >= 4 is 33.4 Å². The summed E-state index contributed by atoms with van der Waals surface area (Å²) in [7, 11) is -9.77. The maximum absolute atomic E-state index is 12.7. The van der Waals surface area contributed by atoms with Crippen LogP contribution in [0, 0.1) is 17.8 Å². The summed E-state index contributed by atoms with van der Waals surface area (Å²) in [6, 6.07) is 0. The van der Waals surface area contributed by atoms with Crippen LogP contribution in [0.25, 0.3) is 0 Å². The molecular formula is C45H82O16P2. The van der Waals surface area contributed by atoms with Gasteiger partial charge in [0.2, 0.25) is 0 Å². The molecule has 0 spiro atoms. The molecule has 0 aromatic carbocycles. The number of allylic oxidation sites excluding steroid dienone is 3. The molecule has 0 heterocycles. The maximum Gasteiger partial charge on any atom is 0.472 e. The SMILES string of the molecule is CCCCC[C@H](O)/C=C/[C@H]1C(=O)C[C@H](O)[C@@H]1C/C=C\CCCC(=O)OC[C@H](COP(=O)(O)OC[C@@H](O)COP(=O)(O)O)OC(=O)CCCCCCCCCCCCCCCC(C)C. The maximum atomic E-state index is 12.7. The van der Waals surface area contributed by atoms with E-state index in [4.69, 9.17) is 23.8 Å². The molecule has 6 N–H and O–H groups in total. The van der Waals surface area contributed by atoms with Crippen LogP contribution >= 0.6 is 15.6 Å². The molecule has 1 aliphatic rings. The normalized spacial score (nSPS) is 19.5. The van der Waals surface area contributed by atoms with E-state index in [-0.39, 0.29) is 31.0 Å². The van der Waals surface area contributed by atoms with Crippen LogP contribution in [-0.2, 0) is 46.6 Å². The van der Waals surface area contributed by atoms with Gasteiger partial charge in [-0.25, -0.2) is 9.13 Å². The van der Waals surface area contributed by atoms with Crippen molar-refractivity contribution in [1.82, 2.24) is 0 Å². The van der Waals surface area contributed by atoms with Crippen molar-refractivity contribution in [2.45, 2.75) is 199 Å². The van der Waals surface area contributed by atoms with Crippen LogP contribution < -0.4 is 0 Å². The number of phosphoric acid groups is 2. The standard InChI is InChI=1S/C45H82O16P2/c1-4-5-19-25-37(46)29-30-41-40(42(48)31-43(41)49)26-21-17-18-22-27-44(50)57-34-39(35-60-63(55,56)59-33-38(47)32-58-62(52,53)54)61-45(51)28-23-16-14-12-10-8-6-7-9-11-13-15-20-24-36(2)3/h17,21,29-30,36-42,46-48H,4-16,18-20,22-28,31-35H2,1-3H3,(H,55,56)(H2,52,53,54)/b21-17-,30-29+/t37-,38-,39+,40+,41+,42-/m0/s1. The number of ketones is 1. The van der Waals surface area contributed by atoms with Crippen molar-refractivity contribution in [3.8, 4) is 0 Å². The molecule has 1 rings (SSSR count). The Bertz CT molecular complexity index is 1380. The Morgan fingerprint density at radius 1 is 0.714 bits per heavy atom. The Morgan fingerprint density at radius 3 is 1.87 bits per heavy atom. The van der Waals surface area contributed by atoms with E-state index in [0.29, 0.717) is 32.1 Å². The number of rotatable bonds is 40. The van der Waals surface area contributed by atoms with E-state index in [9.17, 15) is 43.7 Å². The molecule has 0 radical (unpaired) electrons. The minimum atomic E-state index is -4.90. The molecule has 1 fully saturated rings. The number of aliphatic hydroxyl groups excluding tert-OH is 3. The molecule has 1 saturated carbocycles. The third-order valence-electron chi connectivity index (χ3n) is 10.9.